The number of hydrogen-bond donors (Lipinski definition) is 3. The number of nitrogens with zero attached hydrogens (tertiary/aromatic N) is 3. The normalized spacial score (nSPS) is 10.6. The first-order valence-electron chi connectivity index (χ1n) is 9.04. The van der Waals surface area contributed by atoms with Gasteiger partial charge >= 0.3 is 6.09 Å². The Bertz CT molecular complexity index is 1150. The molecule has 0 spiro atoms. The third kappa shape index (κ3) is 4.49. The van der Waals surface area contributed by atoms with E-state index in [2.05, 4.69) is 15.1 Å². The summed E-state index contributed by atoms with van der Waals surface area (Å²) in [7, 11) is 0. The molecule has 0 saturated carbocycles. The van der Waals surface area contributed by atoms with Gasteiger partial charge in [-0.2, -0.15) is 9.78 Å². The number of rotatable bonds is 3. The lowest BCUT2D eigenvalue weighted by molar-refractivity contribution is 0.192. The Morgan fingerprint density at radius 1 is 1.28 bits per heavy atom. The van der Waals surface area contributed by atoms with Gasteiger partial charge in [0, 0.05) is 36.3 Å². The molecule has 150 valence electrons. The second kappa shape index (κ2) is 8.66. The first-order valence-corrected chi connectivity index (χ1v) is 9.04. The molecule has 4 N–H and O–H groups in total. The number of halogens is 1. The third-order valence-electron chi connectivity index (χ3n) is 4.65. The van der Waals surface area contributed by atoms with Crippen molar-refractivity contribution in [1.29, 1.82) is 0 Å². The van der Waals surface area contributed by atoms with Crippen molar-refractivity contribution in [1.82, 2.24) is 19.7 Å². The Balaban J connectivity index is 0.000000224. The summed E-state index contributed by atoms with van der Waals surface area (Å²) >= 11 is 0. The minimum Gasteiger partial charge on any atom is -0.463 e. The third-order valence-corrected chi connectivity index (χ3v) is 4.65. The summed E-state index contributed by atoms with van der Waals surface area (Å²) < 4.78 is 13.3. The fraction of sp³-hybridized carbons (Fsp3) is 0.190. The zero-order valence-electron chi connectivity index (χ0n) is 16.2. The number of carbonyl (C=O) groups is 1. The first kappa shape index (κ1) is 20.2. The molecular weight excluding hydrogens is 373 g/mol. The summed E-state index contributed by atoms with van der Waals surface area (Å²) in [5, 5.41) is 14.2. The Labute approximate surface area is 167 Å². The fourth-order valence-corrected chi connectivity index (χ4v) is 3.13. The highest BCUT2D eigenvalue weighted by atomic mass is 19.1. The van der Waals surface area contributed by atoms with Crippen LogP contribution in [0.1, 0.15) is 28.1 Å². The van der Waals surface area contributed by atoms with Gasteiger partial charge in [-0.1, -0.05) is 12.1 Å². The summed E-state index contributed by atoms with van der Waals surface area (Å²) in [5.74, 6) is -0.224. The number of hydrogen-bond acceptors (Lipinski definition) is 4. The van der Waals surface area contributed by atoms with Crippen molar-refractivity contribution in [2.45, 2.75) is 26.8 Å². The van der Waals surface area contributed by atoms with E-state index in [1.54, 1.807) is 25.3 Å². The lowest BCUT2D eigenvalue weighted by Gasteiger charge is -2.01. The second-order valence-corrected chi connectivity index (χ2v) is 6.57. The van der Waals surface area contributed by atoms with Crippen LogP contribution in [-0.2, 0) is 13.0 Å². The molecule has 0 amide bonds. The standard InChI is InChI=1S/C14H14N4O2.C7H8FN/c1-8-12(9(2)18(17-8)14(19)20)6-10-7-16-13-11(10)4-3-5-15-13;8-7-3-1-2-6(4-7)5-9/h3-5,7H,6H2,1-2H3,(H,15,16)(H,19,20);1-4H,5,9H2. The summed E-state index contributed by atoms with van der Waals surface area (Å²) in [6.07, 6.45) is 3.23. The maximum Gasteiger partial charge on any atom is 0.432 e. The van der Waals surface area contributed by atoms with Gasteiger partial charge in [0.05, 0.1) is 11.4 Å². The average molecular weight is 395 g/mol. The molecule has 0 aliphatic heterocycles. The van der Waals surface area contributed by atoms with E-state index >= 15 is 0 Å². The van der Waals surface area contributed by atoms with E-state index in [0.717, 1.165) is 38.1 Å². The summed E-state index contributed by atoms with van der Waals surface area (Å²) in [4.78, 5) is 18.5. The van der Waals surface area contributed by atoms with Crippen molar-refractivity contribution in [3.63, 3.8) is 0 Å². The Kier molecular flexibility index (Phi) is 6.04. The van der Waals surface area contributed by atoms with Gasteiger partial charge in [-0.15, -0.1) is 0 Å². The van der Waals surface area contributed by atoms with E-state index in [9.17, 15) is 9.18 Å². The highest BCUT2D eigenvalue weighted by Crippen LogP contribution is 2.22. The highest BCUT2D eigenvalue weighted by Gasteiger charge is 2.17. The van der Waals surface area contributed by atoms with Crippen LogP contribution in [0.15, 0.2) is 48.8 Å². The van der Waals surface area contributed by atoms with Crippen LogP contribution in [0.2, 0.25) is 0 Å². The molecule has 7 nitrogen and oxygen atoms in total. The van der Waals surface area contributed by atoms with E-state index < -0.39 is 6.09 Å². The minimum absolute atomic E-state index is 0.224. The molecule has 29 heavy (non-hydrogen) atoms. The van der Waals surface area contributed by atoms with Gasteiger partial charge in [-0.05, 0) is 49.2 Å². The lowest BCUT2D eigenvalue weighted by atomic mass is 10.0. The molecule has 0 unspecified atom stereocenters. The monoisotopic (exact) mass is 395 g/mol. The maximum atomic E-state index is 12.3. The van der Waals surface area contributed by atoms with Crippen LogP contribution in [0, 0.1) is 19.7 Å². The van der Waals surface area contributed by atoms with Gasteiger partial charge in [-0.25, -0.2) is 14.2 Å². The molecule has 4 rings (SSSR count). The molecule has 0 aliphatic carbocycles. The summed E-state index contributed by atoms with van der Waals surface area (Å²) in [6, 6.07) is 10.2. The van der Waals surface area contributed by atoms with Crippen LogP contribution < -0.4 is 5.73 Å². The molecule has 3 aromatic heterocycles. The van der Waals surface area contributed by atoms with Crippen LogP contribution >= 0.6 is 0 Å². The van der Waals surface area contributed by atoms with Gasteiger partial charge in [0.25, 0.3) is 0 Å². The molecule has 0 radical (unpaired) electrons. The quantitative estimate of drug-likeness (QED) is 0.489. The molecule has 3 heterocycles. The van der Waals surface area contributed by atoms with Crippen LogP contribution in [0.5, 0.6) is 0 Å². The predicted octanol–water partition coefficient (Wildman–Crippen LogP) is 3.78. The van der Waals surface area contributed by atoms with E-state index in [0.29, 0.717) is 18.7 Å². The van der Waals surface area contributed by atoms with E-state index in [-0.39, 0.29) is 5.82 Å². The van der Waals surface area contributed by atoms with Gasteiger partial charge in [0.1, 0.15) is 11.5 Å². The zero-order valence-corrected chi connectivity index (χ0v) is 16.2. The molecule has 1 aromatic carbocycles. The number of aromatic amines is 1. The molecule has 0 fully saturated rings. The van der Waals surface area contributed by atoms with Crippen LogP contribution in [0.25, 0.3) is 11.0 Å². The Morgan fingerprint density at radius 3 is 2.69 bits per heavy atom. The Hall–Kier alpha value is -3.52. The minimum atomic E-state index is -1.06. The van der Waals surface area contributed by atoms with Crippen molar-refractivity contribution < 1.29 is 14.3 Å². The summed E-state index contributed by atoms with van der Waals surface area (Å²) in [5.41, 5.74) is 10.3. The topological polar surface area (TPSA) is 110 Å². The van der Waals surface area contributed by atoms with Gasteiger partial charge in [-0.3, -0.25) is 0 Å². The highest BCUT2D eigenvalue weighted by molar-refractivity contribution is 5.80. The average Bonchev–Trinajstić information content (AvgIpc) is 3.25. The number of pyridine rings is 1. The number of carboxylic acid groups (broad SMARTS) is 1. The number of nitrogens with one attached hydrogen (secondary N) is 1. The molecule has 4 aromatic rings. The maximum absolute atomic E-state index is 12.3. The molecule has 0 bridgehead atoms. The zero-order chi connectivity index (χ0) is 21.0. The van der Waals surface area contributed by atoms with Gasteiger partial charge < -0.3 is 15.8 Å². The van der Waals surface area contributed by atoms with E-state index in [1.165, 1.54) is 12.1 Å². The van der Waals surface area contributed by atoms with E-state index in [4.69, 9.17) is 10.8 Å². The molecule has 0 atom stereocenters. The molecule has 0 saturated heterocycles. The van der Waals surface area contributed by atoms with Gasteiger partial charge in [0.2, 0.25) is 0 Å². The number of benzene rings is 1. The van der Waals surface area contributed by atoms with Crippen molar-refractivity contribution in [3.05, 3.63) is 82.7 Å². The summed E-state index contributed by atoms with van der Waals surface area (Å²) in [6.45, 7) is 4.00. The fourth-order valence-electron chi connectivity index (χ4n) is 3.13. The van der Waals surface area contributed by atoms with Crippen LogP contribution in [-0.4, -0.2) is 30.9 Å². The van der Waals surface area contributed by atoms with Crippen molar-refractivity contribution in [3.8, 4) is 0 Å². The number of fused-ring (bicyclic) bond motifs is 1. The van der Waals surface area contributed by atoms with Crippen molar-refractivity contribution in [2.75, 3.05) is 0 Å². The number of H-pyrrole nitrogens is 1. The molecule has 0 aliphatic rings. The smallest absolute Gasteiger partial charge is 0.432 e. The van der Waals surface area contributed by atoms with Crippen molar-refractivity contribution in [2.24, 2.45) is 5.73 Å². The second-order valence-electron chi connectivity index (χ2n) is 6.57. The molecule has 8 heteroatoms. The van der Waals surface area contributed by atoms with E-state index in [1.807, 2.05) is 25.3 Å². The Morgan fingerprint density at radius 2 is 2.07 bits per heavy atom. The van der Waals surface area contributed by atoms with Gasteiger partial charge in [0.15, 0.2) is 0 Å². The number of aryl methyl sites for hydroxylation is 1. The lowest BCUT2D eigenvalue weighted by Crippen LogP contribution is -2.11. The molecular formula is C21H22FN5O2. The van der Waals surface area contributed by atoms with Crippen LogP contribution in [0.3, 0.4) is 0 Å². The SMILES string of the molecule is Cc1nn(C(=O)O)c(C)c1Cc1c[nH]c2ncccc12.NCc1cccc(F)c1. The predicted molar refractivity (Wildman–Crippen MR) is 108 cm³/mol. The number of aromatic nitrogens is 4. The van der Waals surface area contributed by atoms with Crippen LogP contribution in [0.4, 0.5) is 9.18 Å². The largest absolute Gasteiger partial charge is 0.463 e. The van der Waals surface area contributed by atoms with Crippen molar-refractivity contribution >= 4 is 17.1 Å². The number of nitrogens with two attached hydrogens (primary N) is 1. The first-order chi connectivity index (χ1) is 13.9.